The number of piperidine rings is 1. The van der Waals surface area contributed by atoms with Gasteiger partial charge in [0.1, 0.15) is 5.75 Å². The van der Waals surface area contributed by atoms with Crippen molar-refractivity contribution in [3.8, 4) is 5.75 Å². The van der Waals surface area contributed by atoms with Crippen LogP contribution in [0.2, 0.25) is 0 Å². The van der Waals surface area contributed by atoms with Gasteiger partial charge in [-0.1, -0.05) is 25.1 Å². The normalized spacial score (nSPS) is 24.9. The molecule has 144 valence electrons. The van der Waals surface area contributed by atoms with Crippen LogP contribution >= 0.6 is 0 Å². The third-order valence-corrected chi connectivity index (χ3v) is 6.79. The first-order valence-corrected chi connectivity index (χ1v) is 10.4. The summed E-state index contributed by atoms with van der Waals surface area (Å²) in [6.07, 6.45) is 4.85. The molecule has 1 fully saturated rings. The monoisotopic (exact) mass is 364 g/mol. The van der Waals surface area contributed by atoms with Crippen molar-refractivity contribution in [3.63, 3.8) is 0 Å². The van der Waals surface area contributed by atoms with Gasteiger partial charge in [-0.05, 0) is 91.4 Å². The lowest BCUT2D eigenvalue weighted by Gasteiger charge is -2.50. The number of aryl methyl sites for hydroxylation is 1. The predicted octanol–water partition coefficient (Wildman–Crippen LogP) is 4.44. The molecule has 3 nitrogen and oxygen atoms in total. The fourth-order valence-corrected chi connectivity index (χ4v) is 5.03. The minimum Gasteiger partial charge on any atom is -0.494 e. The maximum Gasteiger partial charge on any atom is 0.119 e. The minimum atomic E-state index is 0.290. The van der Waals surface area contributed by atoms with Crippen molar-refractivity contribution in [1.29, 1.82) is 0 Å². The van der Waals surface area contributed by atoms with Gasteiger partial charge in [-0.2, -0.15) is 0 Å². The molecule has 0 spiro atoms. The largest absolute Gasteiger partial charge is 0.494 e. The van der Waals surface area contributed by atoms with E-state index < -0.39 is 0 Å². The summed E-state index contributed by atoms with van der Waals surface area (Å²) >= 11 is 0. The third-order valence-electron chi connectivity index (χ3n) is 6.79. The molecule has 2 N–H and O–H groups in total. The molecule has 1 aliphatic carbocycles. The number of hydrogen-bond acceptors (Lipinski definition) is 3. The highest BCUT2D eigenvalue weighted by atomic mass is 16.5. The number of nitrogens with two attached hydrogens (primary N) is 1. The van der Waals surface area contributed by atoms with E-state index in [1.165, 1.54) is 43.5 Å². The van der Waals surface area contributed by atoms with Crippen molar-refractivity contribution in [2.75, 3.05) is 32.0 Å². The van der Waals surface area contributed by atoms with Crippen molar-refractivity contribution >= 4 is 5.69 Å². The van der Waals surface area contributed by atoms with Gasteiger partial charge >= 0.3 is 0 Å². The Kier molecular flexibility index (Phi) is 5.14. The van der Waals surface area contributed by atoms with Gasteiger partial charge in [0.15, 0.2) is 0 Å². The Morgan fingerprint density at radius 2 is 2.00 bits per heavy atom. The van der Waals surface area contributed by atoms with E-state index in [0.717, 1.165) is 36.9 Å². The second-order valence-corrected chi connectivity index (χ2v) is 8.45. The van der Waals surface area contributed by atoms with E-state index in [1.54, 1.807) is 5.56 Å². The lowest BCUT2D eigenvalue weighted by atomic mass is 9.61. The van der Waals surface area contributed by atoms with Crippen molar-refractivity contribution in [1.82, 2.24) is 4.90 Å². The number of anilines is 1. The Bertz CT molecular complexity index is 785. The van der Waals surface area contributed by atoms with E-state index in [9.17, 15) is 0 Å². The highest BCUT2D eigenvalue weighted by Gasteiger charge is 2.43. The number of nitrogens with zero attached hydrogens (tertiary/aromatic N) is 1. The molecule has 0 amide bonds. The van der Waals surface area contributed by atoms with Crippen LogP contribution in [0.4, 0.5) is 5.69 Å². The fraction of sp³-hybridized carbons (Fsp3) is 0.500. The molecule has 3 heteroatoms. The standard InChI is InChI=1S/C24H32N2O/c1-3-27-22-11-7-19-6-8-20-17-26(15-13-24(20,2)23(19)16-22)14-12-18-4-9-21(25)10-5-18/h4-5,7,9-11,16,20H,3,6,8,12-15,17,25H2,1-2H3. The van der Waals surface area contributed by atoms with E-state index in [2.05, 4.69) is 49.1 Å². The van der Waals surface area contributed by atoms with Gasteiger partial charge in [0.2, 0.25) is 0 Å². The van der Waals surface area contributed by atoms with Crippen LogP contribution < -0.4 is 10.5 Å². The zero-order valence-electron chi connectivity index (χ0n) is 16.7. The molecule has 1 saturated heterocycles. The van der Waals surface area contributed by atoms with Gasteiger partial charge in [0.25, 0.3) is 0 Å². The van der Waals surface area contributed by atoms with Crippen LogP contribution in [0, 0.1) is 5.92 Å². The lowest BCUT2D eigenvalue weighted by Crippen LogP contribution is -2.51. The third kappa shape index (κ3) is 3.70. The number of rotatable bonds is 5. The molecule has 0 radical (unpaired) electrons. The molecule has 2 aromatic rings. The first-order valence-electron chi connectivity index (χ1n) is 10.4. The molecule has 2 aromatic carbocycles. The summed E-state index contributed by atoms with van der Waals surface area (Å²) in [5, 5.41) is 0. The maximum atomic E-state index is 5.80. The van der Waals surface area contributed by atoms with Crippen LogP contribution in [0.1, 0.15) is 43.4 Å². The smallest absolute Gasteiger partial charge is 0.119 e. The van der Waals surface area contributed by atoms with E-state index in [0.29, 0.717) is 5.41 Å². The molecule has 2 unspecified atom stereocenters. The van der Waals surface area contributed by atoms with Crippen molar-refractivity contribution in [2.24, 2.45) is 5.92 Å². The first kappa shape index (κ1) is 18.4. The highest BCUT2D eigenvalue weighted by molar-refractivity contribution is 5.43. The van der Waals surface area contributed by atoms with Crippen LogP contribution in [0.3, 0.4) is 0 Å². The maximum absolute atomic E-state index is 5.80. The first-order chi connectivity index (χ1) is 13.1. The number of ether oxygens (including phenoxy) is 1. The van der Waals surface area contributed by atoms with Crippen molar-refractivity contribution in [3.05, 3.63) is 59.2 Å². The fourth-order valence-electron chi connectivity index (χ4n) is 5.03. The molecular formula is C24H32N2O. The quantitative estimate of drug-likeness (QED) is 0.797. The zero-order chi connectivity index (χ0) is 18.9. The topological polar surface area (TPSA) is 38.5 Å². The van der Waals surface area contributed by atoms with E-state index >= 15 is 0 Å². The Morgan fingerprint density at radius 3 is 2.78 bits per heavy atom. The summed E-state index contributed by atoms with van der Waals surface area (Å²) in [4.78, 5) is 2.67. The van der Waals surface area contributed by atoms with Crippen LogP contribution in [0.15, 0.2) is 42.5 Å². The second-order valence-electron chi connectivity index (χ2n) is 8.45. The van der Waals surface area contributed by atoms with E-state index in [4.69, 9.17) is 10.5 Å². The molecule has 1 aliphatic heterocycles. The van der Waals surface area contributed by atoms with Crippen LogP contribution in [-0.2, 0) is 18.3 Å². The zero-order valence-corrected chi connectivity index (χ0v) is 16.7. The average Bonchev–Trinajstić information content (AvgIpc) is 2.68. The molecule has 27 heavy (non-hydrogen) atoms. The molecular weight excluding hydrogens is 332 g/mol. The van der Waals surface area contributed by atoms with E-state index in [-0.39, 0.29) is 0 Å². The summed E-state index contributed by atoms with van der Waals surface area (Å²) in [6.45, 7) is 8.82. The second kappa shape index (κ2) is 7.55. The SMILES string of the molecule is CCOc1ccc2c(c1)C1(C)CCN(CCc3ccc(N)cc3)CC1CC2. The predicted molar refractivity (Wildman–Crippen MR) is 112 cm³/mol. The number of fused-ring (bicyclic) bond motifs is 3. The Labute approximate surface area is 163 Å². The van der Waals surface area contributed by atoms with Gasteiger partial charge in [0, 0.05) is 18.8 Å². The Hall–Kier alpha value is -2.00. The molecule has 1 heterocycles. The minimum absolute atomic E-state index is 0.290. The van der Waals surface area contributed by atoms with Crippen LogP contribution in [-0.4, -0.2) is 31.1 Å². The number of hydrogen-bond donors (Lipinski definition) is 1. The highest BCUT2D eigenvalue weighted by Crippen LogP contribution is 2.47. The van der Waals surface area contributed by atoms with Gasteiger partial charge in [0.05, 0.1) is 6.61 Å². The van der Waals surface area contributed by atoms with Gasteiger partial charge in [-0.3, -0.25) is 0 Å². The van der Waals surface area contributed by atoms with Crippen LogP contribution in [0.25, 0.3) is 0 Å². The summed E-state index contributed by atoms with van der Waals surface area (Å²) in [5.74, 6) is 1.77. The molecule has 0 aromatic heterocycles. The van der Waals surface area contributed by atoms with E-state index in [1.807, 2.05) is 12.1 Å². The van der Waals surface area contributed by atoms with Gasteiger partial charge < -0.3 is 15.4 Å². The summed E-state index contributed by atoms with van der Waals surface area (Å²) in [5.41, 5.74) is 11.4. The lowest BCUT2D eigenvalue weighted by molar-refractivity contribution is 0.0880. The molecule has 4 rings (SSSR count). The molecule has 2 atom stereocenters. The average molecular weight is 365 g/mol. The summed E-state index contributed by atoms with van der Waals surface area (Å²) in [6, 6.07) is 15.1. The number of benzene rings is 2. The molecule has 0 saturated carbocycles. The number of likely N-dealkylation sites (tertiary alicyclic amines) is 1. The molecule has 0 bridgehead atoms. The van der Waals surface area contributed by atoms with Crippen molar-refractivity contribution < 1.29 is 4.74 Å². The van der Waals surface area contributed by atoms with Gasteiger partial charge in [-0.25, -0.2) is 0 Å². The summed E-state index contributed by atoms with van der Waals surface area (Å²) in [7, 11) is 0. The molecule has 2 aliphatic rings. The van der Waals surface area contributed by atoms with Crippen LogP contribution in [0.5, 0.6) is 5.75 Å². The Morgan fingerprint density at radius 1 is 1.19 bits per heavy atom. The van der Waals surface area contributed by atoms with Gasteiger partial charge in [-0.15, -0.1) is 0 Å². The summed E-state index contributed by atoms with van der Waals surface area (Å²) < 4.78 is 5.79. The number of nitrogen functional groups attached to an aromatic ring is 1. The van der Waals surface area contributed by atoms with Crippen molar-refractivity contribution in [2.45, 2.75) is 44.9 Å². The Balaban J connectivity index is 1.45.